The van der Waals surface area contributed by atoms with E-state index in [2.05, 4.69) is 14.8 Å². The fourth-order valence-electron chi connectivity index (χ4n) is 3.28. The molecule has 0 unspecified atom stereocenters. The van der Waals surface area contributed by atoms with Crippen LogP contribution in [0, 0.1) is 10.1 Å². The molecule has 0 fully saturated rings. The Bertz CT molecular complexity index is 1410. The first kappa shape index (κ1) is 26.8. The van der Waals surface area contributed by atoms with E-state index in [1.54, 1.807) is 6.07 Å². The van der Waals surface area contributed by atoms with Gasteiger partial charge < -0.3 is 14.8 Å². The summed E-state index contributed by atoms with van der Waals surface area (Å²) in [5.74, 6) is -2.38. The molecule has 192 valence electrons. The number of carbonyl (C=O) groups excluding carboxylic acids is 3. The van der Waals surface area contributed by atoms with Crippen molar-refractivity contribution >= 4 is 44.9 Å². The second kappa shape index (κ2) is 11.3. The molecule has 0 aliphatic heterocycles. The molecule has 0 aliphatic rings. The fraction of sp³-hybridized carbons (Fsp3) is 0.125. The number of nitrogens with one attached hydrogen (secondary N) is 1. The zero-order valence-electron chi connectivity index (χ0n) is 19.6. The van der Waals surface area contributed by atoms with Crippen molar-refractivity contribution in [2.24, 2.45) is 0 Å². The summed E-state index contributed by atoms with van der Waals surface area (Å²) < 4.78 is 36.9. The van der Waals surface area contributed by atoms with Crippen LogP contribution in [0.5, 0.6) is 0 Å². The third-order valence-corrected chi connectivity index (χ3v) is 6.81. The van der Waals surface area contributed by atoms with Crippen LogP contribution in [0.1, 0.15) is 20.7 Å². The minimum absolute atomic E-state index is 0.00293. The number of ether oxygens (including phenoxy) is 2. The minimum atomic E-state index is -4.27. The molecular weight excluding hydrogens is 506 g/mol. The molecular formula is C24H21N3O9S. The Morgan fingerprint density at radius 1 is 0.892 bits per heavy atom. The average Bonchev–Trinajstić information content (AvgIpc) is 2.91. The molecule has 1 amide bonds. The van der Waals surface area contributed by atoms with Gasteiger partial charge in [-0.1, -0.05) is 18.2 Å². The van der Waals surface area contributed by atoms with Gasteiger partial charge in [-0.2, -0.15) is 0 Å². The van der Waals surface area contributed by atoms with Crippen molar-refractivity contribution in [1.82, 2.24) is 0 Å². The minimum Gasteiger partial charge on any atom is -0.465 e. The Kier molecular flexibility index (Phi) is 8.19. The van der Waals surface area contributed by atoms with E-state index < -0.39 is 39.3 Å². The molecule has 13 heteroatoms. The number of benzene rings is 3. The summed E-state index contributed by atoms with van der Waals surface area (Å²) in [5, 5.41) is 13.5. The largest absolute Gasteiger partial charge is 0.465 e. The molecule has 3 aromatic carbocycles. The van der Waals surface area contributed by atoms with Crippen molar-refractivity contribution in [2.75, 3.05) is 30.4 Å². The van der Waals surface area contributed by atoms with Crippen LogP contribution in [0.2, 0.25) is 0 Å². The van der Waals surface area contributed by atoms with Crippen molar-refractivity contribution < 1.29 is 37.2 Å². The van der Waals surface area contributed by atoms with Crippen molar-refractivity contribution in [1.29, 1.82) is 0 Å². The Balaban J connectivity index is 1.98. The van der Waals surface area contributed by atoms with E-state index in [0.29, 0.717) is 0 Å². The Morgan fingerprint density at radius 2 is 1.43 bits per heavy atom. The SMILES string of the molecule is COC(=O)c1cc(NC(=O)CN(c2ccc([N+](=O)[O-])cc2)S(=O)(=O)c2ccccc2)cc(C(=O)OC)c1. The van der Waals surface area contributed by atoms with E-state index in [1.807, 2.05) is 0 Å². The highest BCUT2D eigenvalue weighted by molar-refractivity contribution is 7.92. The summed E-state index contributed by atoms with van der Waals surface area (Å²) in [7, 11) is -1.99. The maximum absolute atomic E-state index is 13.4. The first-order valence-corrected chi connectivity index (χ1v) is 11.9. The number of hydrogen-bond donors (Lipinski definition) is 1. The van der Waals surface area contributed by atoms with Crippen molar-refractivity contribution in [2.45, 2.75) is 4.90 Å². The number of hydrogen-bond acceptors (Lipinski definition) is 9. The predicted octanol–water partition coefficient (Wildman–Crippen LogP) is 3.00. The van der Waals surface area contributed by atoms with Crippen LogP contribution in [0.4, 0.5) is 17.1 Å². The number of rotatable bonds is 9. The number of nitrogens with zero attached hydrogens (tertiary/aromatic N) is 2. The van der Waals surface area contributed by atoms with E-state index >= 15 is 0 Å². The first-order chi connectivity index (χ1) is 17.6. The summed E-state index contributed by atoms with van der Waals surface area (Å²) in [6.45, 7) is -0.731. The number of carbonyl (C=O) groups is 3. The van der Waals surface area contributed by atoms with Gasteiger partial charge in [0.1, 0.15) is 6.54 Å². The molecule has 12 nitrogen and oxygen atoms in total. The molecule has 0 saturated carbocycles. The molecule has 0 bridgehead atoms. The number of anilines is 2. The van der Waals surface area contributed by atoms with Gasteiger partial charge >= 0.3 is 11.9 Å². The van der Waals surface area contributed by atoms with Crippen molar-refractivity contribution in [3.05, 3.63) is 94.0 Å². The summed E-state index contributed by atoms with van der Waals surface area (Å²) >= 11 is 0. The van der Waals surface area contributed by atoms with Gasteiger partial charge in [0.05, 0.1) is 40.9 Å². The maximum atomic E-state index is 13.4. The Morgan fingerprint density at radius 3 is 1.92 bits per heavy atom. The standard InChI is InChI=1S/C24H21N3O9S/c1-35-23(29)16-12-17(24(30)36-2)14-18(13-16)25-22(28)15-26(19-8-10-20(11-9-19)27(31)32)37(33,34)21-6-4-3-5-7-21/h3-14H,15H2,1-2H3,(H,25,28). The maximum Gasteiger partial charge on any atom is 0.337 e. The van der Waals surface area contributed by atoms with Gasteiger partial charge in [0.25, 0.3) is 15.7 Å². The summed E-state index contributed by atoms with van der Waals surface area (Å²) in [5.41, 5.74) is -0.355. The number of nitro groups is 1. The van der Waals surface area contributed by atoms with E-state index in [-0.39, 0.29) is 33.1 Å². The average molecular weight is 528 g/mol. The predicted molar refractivity (Wildman–Crippen MR) is 132 cm³/mol. The quantitative estimate of drug-likeness (QED) is 0.250. The van der Waals surface area contributed by atoms with Gasteiger partial charge in [-0.3, -0.25) is 19.2 Å². The zero-order chi connectivity index (χ0) is 27.2. The molecule has 3 aromatic rings. The van der Waals surface area contributed by atoms with Gasteiger partial charge in [0, 0.05) is 17.8 Å². The lowest BCUT2D eigenvalue weighted by atomic mass is 10.1. The molecule has 1 N–H and O–H groups in total. The van der Waals surface area contributed by atoms with E-state index in [9.17, 15) is 32.9 Å². The monoisotopic (exact) mass is 527 g/mol. The normalized spacial score (nSPS) is 10.8. The molecule has 0 saturated heterocycles. The second-order valence-corrected chi connectivity index (χ2v) is 9.29. The molecule has 0 atom stereocenters. The molecule has 3 rings (SSSR count). The van der Waals surface area contributed by atoms with E-state index in [0.717, 1.165) is 30.7 Å². The molecule has 0 spiro atoms. The molecule has 0 aromatic heterocycles. The summed E-state index contributed by atoms with van der Waals surface area (Å²) in [6, 6.07) is 15.7. The number of nitro benzene ring substituents is 1. The lowest BCUT2D eigenvalue weighted by molar-refractivity contribution is -0.384. The number of non-ortho nitro benzene ring substituents is 1. The van der Waals surface area contributed by atoms with Gasteiger partial charge in [-0.05, 0) is 42.5 Å². The molecule has 0 heterocycles. The second-order valence-electron chi connectivity index (χ2n) is 7.43. The third kappa shape index (κ3) is 6.27. The van der Waals surface area contributed by atoms with Gasteiger partial charge in [0.15, 0.2) is 0 Å². The van der Waals surface area contributed by atoms with Gasteiger partial charge in [-0.25, -0.2) is 18.0 Å². The van der Waals surface area contributed by atoms with Crippen LogP contribution in [-0.2, 0) is 24.3 Å². The van der Waals surface area contributed by atoms with Crippen molar-refractivity contribution in [3.63, 3.8) is 0 Å². The number of methoxy groups -OCH3 is 2. The Hall–Kier alpha value is -4.78. The van der Waals surface area contributed by atoms with Gasteiger partial charge in [0.2, 0.25) is 5.91 Å². The highest BCUT2D eigenvalue weighted by Crippen LogP contribution is 2.26. The van der Waals surface area contributed by atoms with Crippen LogP contribution >= 0.6 is 0 Å². The highest BCUT2D eigenvalue weighted by atomic mass is 32.2. The van der Waals surface area contributed by atoms with Crippen LogP contribution in [0.25, 0.3) is 0 Å². The van der Waals surface area contributed by atoms with E-state index in [1.165, 1.54) is 54.6 Å². The molecule has 0 radical (unpaired) electrons. The van der Waals surface area contributed by atoms with Crippen LogP contribution in [-0.4, -0.2) is 52.0 Å². The number of amides is 1. The van der Waals surface area contributed by atoms with Crippen LogP contribution < -0.4 is 9.62 Å². The van der Waals surface area contributed by atoms with Crippen molar-refractivity contribution in [3.8, 4) is 0 Å². The van der Waals surface area contributed by atoms with Crippen LogP contribution in [0.15, 0.2) is 77.7 Å². The smallest absolute Gasteiger partial charge is 0.337 e. The van der Waals surface area contributed by atoms with E-state index in [4.69, 9.17) is 0 Å². The van der Waals surface area contributed by atoms with Crippen LogP contribution in [0.3, 0.4) is 0 Å². The zero-order valence-corrected chi connectivity index (χ0v) is 20.4. The summed E-state index contributed by atoms with van der Waals surface area (Å²) in [6.07, 6.45) is 0. The van der Waals surface area contributed by atoms with Gasteiger partial charge in [-0.15, -0.1) is 0 Å². The lowest BCUT2D eigenvalue weighted by Crippen LogP contribution is -2.38. The molecule has 37 heavy (non-hydrogen) atoms. The highest BCUT2D eigenvalue weighted by Gasteiger charge is 2.28. The third-order valence-electron chi connectivity index (χ3n) is 5.03. The lowest BCUT2D eigenvalue weighted by Gasteiger charge is -2.24. The number of esters is 2. The first-order valence-electron chi connectivity index (χ1n) is 10.5. The fourth-order valence-corrected chi connectivity index (χ4v) is 4.72. The topological polar surface area (TPSA) is 162 Å². The summed E-state index contributed by atoms with van der Waals surface area (Å²) in [4.78, 5) is 47.3. The number of sulfonamides is 1. The molecule has 0 aliphatic carbocycles. The Labute approximate surface area is 211 Å².